The summed E-state index contributed by atoms with van der Waals surface area (Å²) in [6.07, 6.45) is -2.48. The van der Waals surface area contributed by atoms with Crippen molar-refractivity contribution in [3.8, 4) is 0 Å². The van der Waals surface area contributed by atoms with E-state index in [1.807, 2.05) is 0 Å². The summed E-state index contributed by atoms with van der Waals surface area (Å²) in [7, 11) is 1.40. The van der Waals surface area contributed by atoms with Gasteiger partial charge in [-0.2, -0.15) is 0 Å². The minimum absolute atomic E-state index is 0.104. The molecule has 0 spiro atoms. The maximum Gasteiger partial charge on any atom is 0.324 e. The molecule has 0 saturated heterocycles. The van der Waals surface area contributed by atoms with Gasteiger partial charge in [0.1, 0.15) is 5.54 Å². The first-order valence-electron chi connectivity index (χ1n) is 3.74. The monoisotopic (exact) mass is 196 g/mol. The first-order chi connectivity index (χ1) is 5.75. The zero-order valence-corrected chi connectivity index (χ0v) is 7.63. The minimum atomic E-state index is -2.48. The fraction of sp³-hybridized carbons (Fsp3) is 0.857. The molecule has 0 aliphatic carbocycles. The van der Waals surface area contributed by atoms with Crippen LogP contribution in [0.4, 0.5) is 8.78 Å². The molecule has 0 aromatic heterocycles. The number of rotatable bonds is 5. The number of alkyl halides is 2. The van der Waals surface area contributed by atoms with Gasteiger partial charge >= 0.3 is 5.97 Å². The van der Waals surface area contributed by atoms with Gasteiger partial charge in [0.15, 0.2) is 0 Å². The SMILES string of the molecule is CN(CC(F)F)CC(C)(N)C(=O)O. The molecule has 0 rings (SSSR count). The zero-order valence-electron chi connectivity index (χ0n) is 7.63. The molecule has 0 saturated carbocycles. The number of nitrogens with two attached hydrogens (primary N) is 1. The molecular formula is C7H14F2N2O2. The van der Waals surface area contributed by atoms with E-state index >= 15 is 0 Å². The number of halogens is 2. The van der Waals surface area contributed by atoms with Crippen LogP contribution < -0.4 is 5.73 Å². The van der Waals surface area contributed by atoms with Gasteiger partial charge in [-0.3, -0.25) is 9.69 Å². The van der Waals surface area contributed by atoms with E-state index in [2.05, 4.69) is 0 Å². The largest absolute Gasteiger partial charge is 0.480 e. The molecule has 1 unspecified atom stereocenters. The van der Waals surface area contributed by atoms with Crippen molar-refractivity contribution < 1.29 is 18.7 Å². The molecule has 13 heavy (non-hydrogen) atoms. The molecule has 0 aromatic rings. The Morgan fingerprint density at radius 2 is 2.15 bits per heavy atom. The molecule has 0 amide bonds. The van der Waals surface area contributed by atoms with E-state index < -0.39 is 24.5 Å². The molecule has 0 aliphatic rings. The summed E-state index contributed by atoms with van der Waals surface area (Å²) in [4.78, 5) is 11.7. The Balaban J connectivity index is 4.04. The van der Waals surface area contributed by atoms with Crippen molar-refractivity contribution in [2.24, 2.45) is 5.73 Å². The highest BCUT2D eigenvalue weighted by molar-refractivity contribution is 5.78. The van der Waals surface area contributed by atoms with E-state index in [1.54, 1.807) is 0 Å². The van der Waals surface area contributed by atoms with Crippen LogP contribution >= 0.6 is 0 Å². The van der Waals surface area contributed by atoms with Crippen LogP contribution in [0, 0.1) is 0 Å². The number of hydrogen-bond donors (Lipinski definition) is 2. The third-order valence-corrected chi connectivity index (χ3v) is 1.54. The Bertz CT molecular complexity index is 185. The van der Waals surface area contributed by atoms with Crippen LogP contribution in [0.2, 0.25) is 0 Å². The second kappa shape index (κ2) is 4.48. The molecule has 1 atom stereocenters. The summed E-state index contributed by atoms with van der Waals surface area (Å²) < 4.78 is 23.7. The lowest BCUT2D eigenvalue weighted by Crippen LogP contribution is -2.53. The van der Waals surface area contributed by atoms with Crippen LogP contribution in [0.5, 0.6) is 0 Å². The molecule has 3 N–H and O–H groups in total. The molecule has 78 valence electrons. The van der Waals surface area contributed by atoms with E-state index in [0.29, 0.717) is 0 Å². The van der Waals surface area contributed by atoms with Gasteiger partial charge in [-0.05, 0) is 14.0 Å². The maximum absolute atomic E-state index is 11.8. The Labute approximate surface area is 75.3 Å². The Kier molecular flexibility index (Phi) is 4.22. The second-order valence-corrected chi connectivity index (χ2v) is 3.31. The highest BCUT2D eigenvalue weighted by Gasteiger charge is 2.29. The van der Waals surface area contributed by atoms with Gasteiger partial charge in [-0.1, -0.05) is 0 Å². The molecule has 4 nitrogen and oxygen atoms in total. The van der Waals surface area contributed by atoms with Crippen molar-refractivity contribution in [3.05, 3.63) is 0 Å². The fourth-order valence-electron chi connectivity index (χ4n) is 0.928. The lowest BCUT2D eigenvalue weighted by Gasteiger charge is -2.25. The van der Waals surface area contributed by atoms with E-state index in [-0.39, 0.29) is 6.54 Å². The number of nitrogens with zero attached hydrogens (tertiary/aromatic N) is 1. The predicted molar refractivity (Wildman–Crippen MR) is 43.7 cm³/mol. The zero-order chi connectivity index (χ0) is 10.6. The predicted octanol–water partition coefficient (Wildman–Crippen LogP) is -0.0147. The first-order valence-corrected chi connectivity index (χ1v) is 3.74. The summed E-state index contributed by atoms with van der Waals surface area (Å²) in [6, 6.07) is 0. The van der Waals surface area contributed by atoms with E-state index in [0.717, 1.165) is 0 Å². The van der Waals surface area contributed by atoms with Crippen LogP contribution in [-0.4, -0.2) is 48.1 Å². The Morgan fingerprint density at radius 1 is 1.69 bits per heavy atom. The summed E-state index contributed by atoms with van der Waals surface area (Å²) in [5, 5.41) is 8.59. The topological polar surface area (TPSA) is 66.6 Å². The smallest absolute Gasteiger partial charge is 0.324 e. The van der Waals surface area contributed by atoms with Crippen LogP contribution in [0.25, 0.3) is 0 Å². The molecule has 0 aromatic carbocycles. The van der Waals surface area contributed by atoms with Crippen LogP contribution in [0.3, 0.4) is 0 Å². The van der Waals surface area contributed by atoms with Crippen molar-refractivity contribution in [2.45, 2.75) is 18.9 Å². The summed E-state index contributed by atoms with van der Waals surface area (Å²) in [5.41, 5.74) is 3.87. The number of hydrogen-bond acceptors (Lipinski definition) is 3. The van der Waals surface area contributed by atoms with Gasteiger partial charge in [-0.25, -0.2) is 8.78 Å². The molecule has 0 fully saturated rings. The standard InChI is InChI=1S/C7H14F2N2O2/c1-7(10,6(12)13)4-11(2)3-5(8)9/h5H,3-4,10H2,1-2H3,(H,12,13). The third-order valence-electron chi connectivity index (χ3n) is 1.54. The summed E-state index contributed by atoms with van der Waals surface area (Å²) >= 11 is 0. The minimum Gasteiger partial charge on any atom is -0.480 e. The Morgan fingerprint density at radius 3 is 2.46 bits per heavy atom. The quantitative estimate of drug-likeness (QED) is 0.648. The van der Waals surface area contributed by atoms with Gasteiger partial charge in [0.05, 0.1) is 6.54 Å². The average Bonchev–Trinajstić information content (AvgIpc) is 1.82. The summed E-state index contributed by atoms with van der Waals surface area (Å²) in [5.74, 6) is -1.20. The lowest BCUT2D eigenvalue weighted by atomic mass is 10.0. The number of aliphatic carboxylic acids is 1. The molecule has 0 radical (unpaired) electrons. The number of carboxylic acids is 1. The van der Waals surface area contributed by atoms with Crippen molar-refractivity contribution >= 4 is 5.97 Å². The van der Waals surface area contributed by atoms with E-state index in [1.165, 1.54) is 18.9 Å². The molecular weight excluding hydrogens is 182 g/mol. The molecule has 0 heterocycles. The highest BCUT2D eigenvalue weighted by Crippen LogP contribution is 2.04. The normalized spacial score (nSPS) is 16.2. The number of carbonyl (C=O) groups is 1. The number of likely N-dealkylation sites (N-methyl/N-ethyl adjacent to an activating group) is 1. The van der Waals surface area contributed by atoms with Crippen molar-refractivity contribution in [3.63, 3.8) is 0 Å². The third kappa shape index (κ3) is 4.74. The first kappa shape index (κ1) is 12.2. The lowest BCUT2D eigenvalue weighted by molar-refractivity contribution is -0.143. The molecule has 0 aliphatic heterocycles. The van der Waals surface area contributed by atoms with E-state index in [9.17, 15) is 13.6 Å². The van der Waals surface area contributed by atoms with E-state index in [4.69, 9.17) is 10.8 Å². The van der Waals surface area contributed by atoms with Crippen LogP contribution in [0.15, 0.2) is 0 Å². The highest BCUT2D eigenvalue weighted by atomic mass is 19.3. The second-order valence-electron chi connectivity index (χ2n) is 3.31. The van der Waals surface area contributed by atoms with Crippen molar-refractivity contribution in [1.29, 1.82) is 0 Å². The molecule has 6 heteroatoms. The van der Waals surface area contributed by atoms with Crippen LogP contribution in [-0.2, 0) is 4.79 Å². The van der Waals surface area contributed by atoms with Crippen LogP contribution in [0.1, 0.15) is 6.92 Å². The van der Waals surface area contributed by atoms with Gasteiger partial charge in [0.25, 0.3) is 6.43 Å². The summed E-state index contributed by atoms with van der Waals surface area (Å²) in [6.45, 7) is 0.712. The Hall–Kier alpha value is -0.750. The number of carboxylic acid groups (broad SMARTS) is 1. The van der Waals surface area contributed by atoms with Gasteiger partial charge in [-0.15, -0.1) is 0 Å². The average molecular weight is 196 g/mol. The van der Waals surface area contributed by atoms with Gasteiger partial charge in [0.2, 0.25) is 0 Å². The van der Waals surface area contributed by atoms with Gasteiger partial charge in [0, 0.05) is 6.54 Å². The van der Waals surface area contributed by atoms with Crippen molar-refractivity contribution in [2.75, 3.05) is 20.1 Å². The van der Waals surface area contributed by atoms with Gasteiger partial charge < -0.3 is 10.8 Å². The van der Waals surface area contributed by atoms with Crippen molar-refractivity contribution in [1.82, 2.24) is 4.90 Å². The maximum atomic E-state index is 11.8. The molecule has 0 bridgehead atoms. The fourth-order valence-corrected chi connectivity index (χ4v) is 0.928.